The van der Waals surface area contributed by atoms with E-state index in [4.69, 9.17) is 10.2 Å². The van der Waals surface area contributed by atoms with Crippen LogP contribution in [0.2, 0.25) is 0 Å². The third kappa shape index (κ3) is 4.69. The molecule has 1 rings (SSSR count). The molecule has 0 spiro atoms. The van der Waals surface area contributed by atoms with E-state index in [0.717, 1.165) is 6.07 Å². The smallest absolute Gasteiger partial charge is 0.335 e. The molecule has 8 heteroatoms. The van der Waals surface area contributed by atoms with Gasteiger partial charge in [-0.3, -0.25) is 0 Å². The predicted octanol–water partition coefficient (Wildman–Crippen LogP) is 0.866. The molecule has 0 aromatic heterocycles. The summed E-state index contributed by atoms with van der Waals surface area (Å²) < 4.78 is 27.2. The fraction of sp³-hybridized carbons (Fsp3) is 0.462. The van der Waals surface area contributed by atoms with Crippen molar-refractivity contribution in [3.05, 3.63) is 23.8 Å². The number of aromatic carboxylic acids is 1. The van der Waals surface area contributed by atoms with Gasteiger partial charge in [0, 0.05) is 12.6 Å². The van der Waals surface area contributed by atoms with E-state index >= 15 is 0 Å². The molecule has 0 fully saturated rings. The normalized spacial score (nSPS) is 12.9. The molecule has 118 valence electrons. The number of nitrogens with one attached hydrogen (secondary N) is 2. The third-order valence-electron chi connectivity index (χ3n) is 2.91. The molecule has 0 bridgehead atoms. The second kappa shape index (κ2) is 7.39. The second-order valence-electron chi connectivity index (χ2n) is 4.60. The average Bonchev–Trinajstić information content (AvgIpc) is 2.44. The van der Waals surface area contributed by atoms with Gasteiger partial charge >= 0.3 is 5.97 Å². The molecule has 0 aliphatic rings. The molecule has 1 aromatic rings. The summed E-state index contributed by atoms with van der Waals surface area (Å²) in [5.74, 6) is -1.20. The Labute approximate surface area is 124 Å². The number of anilines is 1. The molecular weight excluding hydrogens is 296 g/mol. The summed E-state index contributed by atoms with van der Waals surface area (Å²) in [6, 6.07) is 3.52. The summed E-state index contributed by atoms with van der Waals surface area (Å²) in [5, 5.41) is 20.6. The van der Waals surface area contributed by atoms with Gasteiger partial charge in [0.2, 0.25) is 10.0 Å². The Morgan fingerprint density at radius 2 is 2.05 bits per heavy atom. The van der Waals surface area contributed by atoms with Crippen LogP contribution in [-0.2, 0) is 10.0 Å². The first-order chi connectivity index (χ1) is 9.81. The molecule has 1 aromatic carbocycles. The van der Waals surface area contributed by atoms with Gasteiger partial charge in [-0.25, -0.2) is 17.9 Å². The maximum absolute atomic E-state index is 12.4. The van der Waals surface area contributed by atoms with Gasteiger partial charge in [-0.1, -0.05) is 6.92 Å². The molecule has 7 nitrogen and oxygen atoms in total. The molecule has 0 saturated carbocycles. The number of hydrogen-bond acceptors (Lipinski definition) is 5. The number of carboxylic acid groups (broad SMARTS) is 1. The van der Waals surface area contributed by atoms with E-state index in [9.17, 15) is 13.2 Å². The van der Waals surface area contributed by atoms with Crippen molar-refractivity contribution in [2.45, 2.75) is 31.2 Å². The number of hydrogen-bond donors (Lipinski definition) is 4. The van der Waals surface area contributed by atoms with Crippen LogP contribution in [0.4, 0.5) is 5.69 Å². The van der Waals surface area contributed by atoms with Crippen molar-refractivity contribution >= 4 is 21.7 Å². The Morgan fingerprint density at radius 3 is 2.57 bits per heavy atom. The molecule has 0 saturated heterocycles. The van der Waals surface area contributed by atoms with E-state index < -0.39 is 16.0 Å². The number of benzene rings is 1. The van der Waals surface area contributed by atoms with Crippen molar-refractivity contribution < 1.29 is 23.4 Å². The first-order valence-electron chi connectivity index (χ1n) is 6.56. The number of rotatable bonds is 8. The summed E-state index contributed by atoms with van der Waals surface area (Å²) in [6.45, 7) is 3.56. The standard InChI is InChI=1S/C13H20N2O5S/c1-3-9(2)15-21(19,20)12-8-10(13(17)18)4-5-11(12)14-6-7-16/h4-5,8-9,14-16H,3,6-7H2,1-2H3,(H,17,18). The lowest BCUT2D eigenvalue weighted by molar-refractivity contribution is 0.0696. The fourth-order valence-corrected chi connectivity index (χ4v) is 3.16. The molecule has 21 heavy (non-hydrogen) atoms. The zero-order valence-electron chi connectivity index (χ0n) is 12.0. The van der Waals surface area contributed by atoms with Crippen molar-refractivity contribution in [1.82, 2.24) is 4.72 Å². The van der Waals surface area contributed by atoms with Crippen LogP contribution in [0.3, 0.4) is 0 Å². The number of carbonyl (C=O) groups is 1. The van der Waals surface area contributed by atoms with Crippen LogP contribution >= 0.6 is 0 Å². The number of sulfonamides is 1. The number of carboxylic acids is 1. The molecular formula is C13H20N2O5S. The highest BCUT2D eigenvalue weighted by atomic mass is 32.2. The van der Waals surface area contributed by atoms with Crippen LogP contribution in [-0.4, -0.2) is 43.8 Å². The predicted molar refractivity (Wildman–Crippen MR) is 79.1 cm³/mol. The van der Waals surface area contributed by atoms with Crippen molar-refractivity contribution in [2.24, 2.45) is 0 Å². The molecule has 0 radical (unpaired) electrons. The Kier molecular flexibility index (Phi) is 6.13. The van der Waals surface area contributed by atoms with Gasteiger partial charge in [-0.2, -0.15) is 0 Å². The van der Waals surface area contributed by atoms with Crippen LogP contribution in [0.15, 0.2) is 23.1 Å². The van der Waals surface area contributed by atoms with E-state index in [2.05, 4.69) is 10.0 Å². The summed E-state index contributed by atoms with van der Waals surface area (Å²) in [7, 11) is -3.85. The van der Waals surface area contributed by atoms with Crippen LogP contribution in [0.1, 0.15) is 30.6 Å². The topological polar surface area (TPSA) is 116 Å². The highest BCUT2D eigenvalue weighted by molar-refractivity contribution is 7.89. The maximum atomic E-state index is 12.4. The van der Waals surface area contributed by atoms with Gasteiger partial charge in [0.1, 0.15) is 4.90 Å². The van der Waals surface area contributed by atoms with E-state index in [0.29, 0.717) is 6.42 Å². The van der Waals surface area contributed by atoms with Crippen LogP contribution in [0.5, 0.6) is 0 Å². The molecule has 4 N–H and O–H groups in total. The van der Waals surface area contributed by atoms with Gasteiger partial charge in [0.25, 0.3) is 0 Å². The second-order valence-corrected chi connectivity index (χ2v) is 6.28. The minimum absolute atomic E-state index is 0.117. The molecule has 0 amide bonds. The molecule has 0 aliphatic carbocycles. The summed E-state index contributed by atoms with van der Waals surface area (Å²) in [6.07, 6.45) is 0.608. The van der Waals surface area contributed by atoms with Crippen molar-refractivity contribution in [3.63, 3.8) is 0 Å². The summed E-state index contributed by atoms with van der Waals surface area (Å²) >= 11 is 0. The van der Waals surface area contributed by atoms with Crippen LogP contribution in [0.25, 0.3) is 0 Å². The zero-order chi connectivity index (χ0) is 16.0. The van der Waals surface area contributed by atoms with Gasteiger partial charge in [-0.15, -0.1) is 0 Å². The minimum Gasteiger partial charge on any atom is -0.478 e. The monoisotopic (exact) mass is 316 g/mol. The van der Waals surface area contributed by atoms with Crippen molar-refractivity contribution in [3.8, 4) is 0 Å². The molecule has 1 unspecified atom stereocenters. The van der Waals surface area contributed by atoms with Crippen LogP contribution < -0.4 is 10.0 Å². The summed E-state index contributed by atoms with van der Waals surface area (Å²) in [4.78, 5) is 10.9. The van der Waals surface area contributed by atoms with Gasteiger partial charge in [-0.05, 0) is 31.5 Å². The van der Waals surface area contributed by atoms with Crippen molar-refractivity contribution in [1.29, 1.82) is 0 Å². The van der Waals surface area contributed by atoms with E-state index in [1.165, 1.54) is 12.1 Å². The average molecular weight is 316 g/mol. The first kappa shape index (κ1) is 17.4. The highest BCUT2D eigenvalue weighted by Crippen LogP contribution is 2.23. The minimum atomic E-state index is -3.85. The lowest BCUT2D eigenvalue weighted by Crippen LogP contribution is -2.32. The highest BCUT2D eigenvalue weighted by Gasteiger charge is 2.22. The molecule has 0 heterocycles. The number of aliphatic hydroxyl groups excluding tert-OH is 1. The molecule has 0 aliphatic heterocycles. The van der Waals surface area contributed by atoms with E-state index in [1.807, 2.05) is 6.92 Å². The molecule has 1 atom stereocenters. The lowest BCUT2D eigenvalue weighted by atomic mass is 10.2. The maximum Gasteiger partial charge on any atom is 0.335 e. The van der Waals surface area contributed by atoms with E-state index in [1.54, 1.807) is 6.92 Å². The quantitative estimate of drug-likeness (QED) is 0.565. The van der Waals surface area contributed by atoms with Crippen molar-refractivity contribution in [2.75, 3.05) is 18.5 Å². The summed E-state index contributed by atoms with van der Waals surface area (Å²) in [5.41, 5.74) is 0.138. The number of aliphatic hydroxyl groups is 1. The van der Waals surface area contributed by atoms with Gasteiger partial charge in [0.05, 0.1) is 17.9 Å². The lowest BCUT2D eigenvalue weighted by Gasteiger charge is -2.16. The van der Waals surface area contributed by atoms with E-state index in [-0.39, 0.29) is 35.3 Å². The Morgan fingerprint density at radius 1 is 1.38 bits per heavy atom. The Balaban J connectivity index is 3.27. The fourth-order valence-electron chi connectivity index (χ4n) is 1.63. The Hall–Kier alpha value is -1.64. The largest absolute Gasteiger partial charge is 0.478 e. The van der Waals surface area contributed by atoms with Gasteiger partial charge < -0.3 is 15.5 Å². The first-order valence-corrected chi connectivity index (χ1v) is 8.04. The van der Waals surface area contributed by atoms with Crippen LogP contribution in [0, 0.1) is 0 Å². The SMILES string of the molecule is CCC(C)NS(=O)(=O)c1cc(C(=O)O)ccc1NCCO. The zero-order valence-corrected chi connectivity index (χ0v) is 12.8. The third-order valence-corrected chi connectivity index (χ3v) is 4.54. The Bertz CT molecular complexity index is 601. The van der Waals surface area contributed by atoms with Gasteiger partial charge in [0.15, 0.2) is 0 Å².